The molecular formula is C20H17ClN6OS. The summed E-state index contributed by atoms with van der Waals surface area (Å²) in [5, 5.41) is 7.29. The van der Waals surface area contributed by atoms with Crippen LogP contribution in [-0.2, 0) is 0 Å². The molecule has 0 aliphatic carbocycles. The quantitative estimate of drug-likeness (QED) is 0.503. The van der Waals surface area contributed by atoms with Gasteiger partial charge in [-0.25, -0.2) is 4.98 Å². The maximum atomic E-state index is 12.7. The Hall–Kier alpha value is -2.97. The van der Waals surface area contributed by atoms with Crippen LogP contribution in [0.2, 0.25) is 5.02 Å². The van der Waals surface area contributed by atoms with Crippen molar-refractivity contribution in [2.75, 3.05) is 31.1 Å². The normalized spacial score (nSPS) is 14.5. The highest BCUT2D eigenvalue weighted by atomic mass is 35.5. The zero-order valence-electron chi connectivity index (χ0n) is 15.4. The fraction of sp³-hybridized carbons (Fsp3) is 0.200. The number of aromatic nitrogens is 4. The summed E-state index contributed by atoms with van der Waals surface area (Å²) in [5.41, 5.74) is 1.58. The highest BCUT2D eigenvalue weighted by Crippen LogP contribution is 2.25. The second-order valence-corrected chi connectivity index (χ2v) is 8.10. The number of halogens is 1. The Bertz CT molecular complexity index is 1170. The number of carbonyl (C=O) groups excluding carboxylic acids is 1. The minimum Gasteiger partial charge on any atom is -0.336 e. The van der Waals surface area contributed by atoms with Gasteiger partial charge in [-0.05, 0) is 35.7 Å². The van der Waals surface area contributed by atoms with Crippen molar-refractivity contribution >= 4 is 40.6 Å². The van der Waals surface area contributed by atoms with Crippen LogP contribution in [0.1, 0.15) is 10.4 Å². The van der Waals surface area contributed by atoms with Crippen molar-refractivity contribution in [1.82, 2.24) is 24.5 Å². The lowest BCUT2D eigenvalue weighted by Crippen LogP contribution is -2.49. The van der Waals surface area contributed by atoms with Gasteiger partial charge in [0.15, 0.2) is 0 Å². The Kier molecular flexibility index (Phi) is 4.65. The first-order valence-electron chi connectivity index (χ1n) is 9.24. The van der Waals surface area contributed by atoms with Crippen LogP contribution in [0.4, 0.5) is 5.95 Å². The van der Waals surface area contributed by atoms with E-state index in [0.717, 1.165) is 10.6 Å². The van der Waals surface area contributed by atoms with Crippen molar-refractivity contribution in [2.45, 2.75) is 0 Å². The maximum Gasteiger partial charge on any atom is 0.254 e. The molecule has 1 amide bonds. The molecule has 0 N–H and O–H groups in total. The maximum absolute atomic E-state index is 12.7. The van der Waals surface area contributed by atoms with Crippen LogP contribution in [-0.4, -0.2) is 56.6 Å². The van der Waals surface area contributed by atoms with Gasteiger partial charge >= 0.3 is 0 Å². The number of fused-ring (bicyclic) bond motifs is 1. The Morgan fingerprint density at radius 3 is 2.69 bits per heavy atom. The van der Waals surface area contributed by atoms with Gasteiger partial charge in [0.1, 0.15) is 0 Å². The van der Waals surface area contributed by atoms with Crippen LogP contribution < -0.4 is 4.90 Å². The number of piperazine rings is 1. The lowest BCUT2D eigenvalue weighted by Gasteiger charge is -2.34. The van der Waals surface area contributed by atoms with Crippen molar-refractivity contribution in [3.8, 4) is 10.6 Å². The Balaban J connectivity index is 1.34. The summed E-state index contributed by atoms with van der Waals surface area (Å²) in [4.78, 5) is 26.7. The summed E-state index contributed by atoms with van der Waals surface area (Å²) in [6.45, 7) is 2.53. The van der Waals surface area contributed by atoms with E-state index < -0.39 is 0 Å². The fourth-order valence-electron chi connectivity index (χ4n) is 3.44. The van der Waals surface area contributed by atoms with E-state index in [9.17, 15) is 4.79 Å². The van der Waals surface area contributed by atoms with E-state index in [-0.39, 0.29) is 5.91 Å². The first kappa shape index (κ1) is 18.1. The van der Waals surface area contributed by atoms with E-state index in [1.807, 2.05) is 22.4 Å². The highest BCUT2D eigenvalue weighted by Gasteiger charge is 2.25. The van der Waals surface area contributed by atoms with Crippen LogP contribution in [0.15, 0.2) is 54.0 Å². The fourth-order valence-corrected chi connectivity index (χ4v) is 4.37. The first-order chi connectivity index (χ1) is 14.2. The number of amides is 1. The van der Waals surface area contributed by atoms with Gasteiger partial charge in [0.25, 0.3) is 11.7 Å². The average molecular weight is 425 g/mol. The van der Waals surface area contributed by atoms with Gasteiger partial charge in [-0.15, -0.1) is 16.4 Å². The summed E-state index contributed by atoms with van der Waals surface area (Å²) in [6.07, 6.45) is 1.75. The average Bonchev–Trinajstić information content (AvgIpc) is 3.43. The number of hydrogen-bond acceptors (Lipinski definition) is 6. The number of hydrogen-bond donors (Lipinski definition) is 0. The van der Waals surface area contributed by atoms with Gasteiger partial charge in [-0.2, -0.15) is 9.50 Å². The zero-order valence-corrected chi connectivity index (χ0v) is 17.0. The number of rotatable bonds is 3. The molecule has 29 heavy (non-hydrogen) atoms. The summed E-state index contributed by atoms with van der Waals surface area (Å²) < 4.78 is 1.78. The number of carbonyl (C=O) groups is 1. The Labute approximate surface area is 176 Å². The largest absolute Gasteiger partial charge is 0.336 e. The molecule has 9 heteroatoms. The Morgan fingerprint density at radius 1 is 1.07 bits per heavy atom. The molecule has 0 spiro atoms. The van der Waals surface area contributed by atoms with Crippen LogP contribution in [0.5, 0.6) is 0 Å². The molecule has 0 bridgehead atoms. The summed E-state index contributed by atoms with van der Waals surface area (Å²) >= 11 is 7.67. The molecule has 1 aromatic carbocycles. The molecular weight excluding hydrogens is 408 g/mol. The number of benzene rings is 1. The predicted molar refractivity (Wildman–Crippen MR) is 114 cm³/mol. The standard InChI is InChI=1S/C20H17ClN6OS/c21-15-4-1-3-14(13-15)18(28)25-8-10-26(11-9-25)20-23-19-22-7-6-16(27(19)24-20)17-5-2-12-29-17/h1-7,12-13H,8-11H2. The van der Waals surface area contributed by atoms with E-state index in [0.29, 0.717) is 48.5 Å². The van der Waals surface area contributed by atoms with Gasteiger partial charge in [0.05, 0.1) is 10.6 Å². The lowest BCUT2D eigenvalue weighted by atomic mass is 10.2. The highest BCUT2D eigenvalue weighted by molar-refractivity contribution is 7.13. The number of thiophene rings is 1. The van der Waals surface area contributed by atoms with Crippen molar-refractivity contribution in [2.24, 2.45) is 0 Å². The second kappa shape index (κ2) is 7.46. The third-order valence-corrected chi connectivity index (χ3v) is 6.05. The van der Waals surface area contributed by atoms with Crippen LogP contribution in [0.25, 0.3) is 16.3 Å². The van der Waals surface area contributed by atoms with Crippen LogP contribution in [0, 0.1) is 0 Å². The van der Waals surface area contributed by atoms with Crippen molar-refractivity contribution in [3.05, 3.63) is 64.6 Å². The molecule has 146 valence electrons. The van der Waals surface area contributed by atoms with Crippen molar-refractivity contribution in [3.63, 3.8) is 0 Å². The third-order valence-electron chi connectivity index (χ3n) is 4.92. The van der Waals surface area contributed by atoms with Crippen LogP contribution >= 0.6 is 22.9 Å². The molecule has 3 aromatic heterocycles. The molecule has 0 unspecified atom stereocenters. The monoisotopic (exact) mass is 424 g/mol. The molecule has 0 radical (unpaired) electrons. The number of nitrogens with zero attached hydrogens (tertiary/aromatic N) is 6. The van der Waals surface area contributed by atoms with Gasteiger partial charge in [-0.3, -0.25) is 4.79 Å². The second-order valence-electron chi connectivity index (χ2n) is 6.72. The molecule has 1 aliphatic heterocycles. The first-order valence-corrected chi connectivity index (χ1v) is 10.5. The molecule has 0 saturated carbocycles. The molecule has 1 saturated heterocycles. The predicted octanol–water partition coefficient (Wildman–Crippen LogP) is 3.47. The minimum absolute atomic E-state index is 0.00300. The molecule has 4 heterocycles. The molecule has 0 atom stereocenters. The van der Waals surface area contributed by atoms with Gasteiger partial charge < -0.3 is 9.80 Å². The van der Waals surface area contributed by atoms with E-state index in [1.165, 1.54) is 0 Å². The zero-order chi connectivity index (χ0) is 19.8. The van der Waals surface area contributed by atoms with E-state index >= 15 is 0 Å². The van der Waals surface area contributed by atoms with Gasteiger partial charge in [0, 0.05) is 43.0 Å². The van der Waals surface area contributed by atoms with Crippen molar-refractivity contribution < 1.29 is 4.79 Å². The van der Waals surface area contributed by atoms with Gasteiger partial charge in [-0.1, -0.05) is 23.7 Å². The summed E-state index contributed by atoms with van der Waals surface area (Å²) in [5.74, 6) is 1.21. The van der Waals surface area contributed by atoms with E-state index in [4.69, 9.17) is 11.6 Å². The minimum atomic E-state index is -0.00300. The third kappa shape index (κ3) is 3.45. The molecule has 1 aliphatic rings. The topological polar surface area (TPSA) is 66.6 Å². The summed E-state index contributed by atoms with van der Waals surface area (Å²) in [6, 6.07) is 13.1. The molecule has 5 rings (SSSR count). The van der Waals surface area contributed by atoms with Gasteiger partial charge in [0.2, 0.25) is 5.95 Å². The van der Waals surface area contributed by atoms with Crippen molar-refractivity contribution in [1.29, 1.82) is 0 Å². The molecule has 4 aromatic rings. The SMILES string of the molecule is O=C(c1cccc(Cl)c1)N1CCN(c2nc3nccc(-c4cccs4)n3n2)CC1. The summed E-state index contributed by atoms with van der Waals surface area (Å²) in [7, 11) is 0. The smallest absolute Gasteiger partial charge is 0.254 e. The van der Waals surface area contributed by atoms with E-state index in [2.05, 4.69) is 26.0 Å². The van der Waals surface area contributed by atoms with Crippen LogP contribution in [0.3, 0.4) is 0 Å². The Morgan fingerprint density at radius 2 is 1.93 bits per heavy atom. The lowest BCUT2D eigenvalue weighted by molar-refractivity contribution is 0.0746. The van der Waals surface area contributed by atoms with E-state index in [1.54, 1.807) is 46.3 Å². The molecule has 7 nitrogen and oxygen atoms in total. The molecule has 1 fully saturated rings. The number of anilines is 1.